The molecule has 0 aliphatic carbocycles. The lowest BCUT2D eigenvalue weighted by Crippen LogP contribution is -2.50. The van der Waals surface area contributed by atoms with Gasteiger partial charge in [0.1, 0.15) is 11.5 Å². The van der Waals surface area contributed by atoms with E-state index in [1.54, 1.807) is 17.0 Å². The number of anilines is 1. The van der Waals surface area contributed by atoms with Gasteiger partial charge < -0.3 is 19.4 Å². The zero-order chi connectivity index (χ0) is 21.6. The molecule has 2 amide bonds. The molecule has 0 bridgehead atoms. The number of nitrogens with one attached hydrogen (secondary N) is 1. The lowest BCUT2D eigenvalue weighted by Gasteiger charge is -2.33. The molecule has 1 aliphatic heterocycles. The molecule has 0 spiro atoms. The molecule has 1 fully saturated rings. The van der Waals surface area contributed by atoms with Crippen molar-refractivity contribution in [2.75, 3.05) is 38.0 Å². The van der Waals surface area contributed by atoms with Crippen LogP contribution in [0.25, 0.3) is 0 Å². The van der Waals surface area contributed by atoms with Crippen molar-refractivity contribution >= 4 is 17.5 Å². The third-order valence-corrected chi connectivity index (χ3v) is 5.11. The Morgan fingerprint density at radius 3 is 2.35 bits per heavy atom. The first-order valence-electron chi connectivity index (χ1n) is 10.3. The van der Waals surface area contributed by atoms with Crippen LogP contribution in [0.15, 0.2) is 71.1 Å². The normalized spacial score (nSPS) is 14.3. The van der Waals surface area contributed by atoms with Crippen molar-refractivity contribution in [3.8, 4) is 11.5 Å². The van der Waals surface area contributed by atoms with Crippen LogP contribution in [0.2, 0.25) is 0 Å². The molecule has 7 nitrogen and oxygen atoms in total. The van der Waals surface area contributed by atoms with E-state index in [-0.39, 0.29) is 18.4 Å². The number of para-hydroxylation sites is 3. The zero-order valence-electron chi connectivity index (χ0n) is 17.4. The molecule has 7 heteroatoms. The summed E-state index contributed by atoms with van der Waals surface area (Å²) in [4.78, 5) is 28.9. The van der Waals surface area contributed by atoms with Crippen molar-refractivity contribution in [1.29, 1.82) is 0 Å². The van der Waals surface area contributed by atoms with Gasteiger partial charge in [0.25, 0.3) is 5.91 Å². The lowest BCUT2D eigenvalue weighted by molar-refractivity contribution is -0.117. The highest BCUT2D eigenvalue weighted by molar-refractivity contribution is 5.94. The minimum absolute atomic E-state index is 0.107. The van der Waals surface area contributed by atoms with E-state index < -0.39 is 0 Å². The van der Waals surface area contributed by atoms with E-state index in [4.69, 9.17) is 9.15 Å². The maximum absolute atomic E-state index is 12.6. The predicted octanol–water partition coefficient (Wildman–Crippen LogP) is 3.78. The summed E-state index contributed by atoms with van der Waals surface area (Å²) >= 11 is 0. The number of carbonyl (C=O) groups is 2. The number of hydrogen-bond donors (Lipinski definition) is 1. The fourth-order valence-corrected chi connectivity index (χ4v) is 3.48. The number of rotatable bonds is 6. The van der Waals surface area contributed by atoms with E-state index >= 15 is 0 Å². The topological polar surface area (TPSA) is 75.0 Å². The fraction of sp³-hybridized carbons (Fsp3) is 0.250. The molecule has 160 valence electrons. The van der Waals surface area contributed by atoms with E-state index in [0.717, 1.165) is 5.76 Å². The minimum atomic E-state index is -0.120. The maximum Gasteiger partial charge on any atom is 0.289 e. The van der Waals surface area contributed by atoms with Gasteiger partial charge in [0.05, 0.1) is 12.2 Å². The quantitative estimate of drug-likeness (QED) is 0.658. The van der Waals surface area contributed by atoms with Crippen LogP contribution >= 0.6 is 0 Å². The molecule has 1 saturated heterocycles. The summed E-state index contributed by atoms with van der Waals surface area (Å²) in [7, 11) is 0. The molecule has 3 aromatic rings. The maximum atomic E-state index is 12.6. The number of ether oxygens (including phenoxy) is 1. The Morgan fingerprint density at radius 1 is 0.935 bits per heavy atom. The van der Waals surface area contributed by atoms with E-state index in [2.05, 4.69) is 5.32 Å². The SMILES string of the molecule is Cc1ccc(C(=O)N2CCN(CC(=O)Nc3ccccc3Oc3ccccc3)CC2)o1. The largest absolute Gasteiger partial charge is 0.456 e. The molecule has 2 aromatic carbocycles. The van der Waals surface area contributed by atoms with Crippen LogP contribution in [0, 0.1) is 6.92 Å². The van der Waals surface area contributed by atoms with Gasteiger partial charge in [0.15, 0.2) is 11.5 Å². The monoisotopic (exact) mass is 419 g/mol. The minimum Gasteiger partial charge on any atom is -0.456 e. The van der Waals surface area contributed by atoms with Crippen LogP contribution in [0.1, 0.15) is 16.3 Å². The molecule has 4 rings (SSSR count). The number of amides is 2. The van der Waals surface area contributed by atoms with Crippen LogP contribution in [0.4, 0.5) is 5.69 Å². The van der Waals surface area contributed by atoms with Gasteiger partial charge in [0.2, 0.25) is 5.91 Å². The molecule has 1 aromatic heterocycles. The van der Waals surface area contributed by atoms with Crippen molar-refractivity contribution < 1.29 is 18.7 Å². The summed E-state index contributed by atoms with van der Waals surface area (Å²) in [6.45, 7) is 4.43. The van der Waals surface area contributed by atoms with E-state index in [9.17, 15) is 9.59 Å². The van der Waals surface area contributed by atoms with Crippen LogP contribution in [-0.2, 0) is 4.79 Å². The van der Waals surface area contributed by atoms with Crippen molar-refractivity contribution in [2.45, 2.75) is 6.92 Å². The van der Waals surface area contributed by atoms with Gasteiger partial charge in [-0.05, 0) is 43.3 Å². The molecule has 31 heavy (non-hydrogen) atoms. The Morgan fingerprint density at radius 2 is 1.65 bits per heavy atom. The van der Waals surface area contributed by atoms with Gasteiger partial charge in [-0.2, -0.15) is 0 Å². The number of aryl methyl sites for hydroxylation is 1. The number of hydrogen-bond acceptors (Lipinski definition) is 5. The first kappa shape index (κ1) is 20.7. The summed E-state index contributed by atoms with van der Waals surface area (Å²) in [5, 5.41) is 2.94. The highest BCUT2D eigenvalue weighted by atomic mass is 16.5. The Bertz CT molecular complexity index is 1040. The van der Waals surface area contributed by atoms with Crippen LogP contribution in [0.3, 0.4) is 0 Å². The van der Waals surface area contributed by atoms with Crippen molar-refractivity contribution in [3.05, 3.63) is 78.3 Å². The number of piperazine rings is 1. The van der Waals surface area contributed by atoms with E-state index in [1.165, 1.54) is 0 Å². The molecule has 1 aliphatic rings. The molecule has 0 unspecified atom stereocenters. The number of furan rings is 1. The number of nitrogens with zero attached hydrogens (tertiary/aromatic N) is 2. The summed E-state index contributed by atoms with van der Waals surface area (Å²) in [6, 6.07) is 20.3. The Kier molecular flexibility index (Phi) is 6.33. The van der Waals surface area contributed by atoms with Gasteiger partial charge in [-0.15, -0.1) is 0 Å². The molecule has 2 heterocycles. The van der Waals surface area contributed by atoms with Gasteiger partial charge in [-0.1, -0.05) is 30.3 Å². The van der Waals surface area contributed by atoms with E-state index in [0.29, 0.717) is 49.1 Å². The van der Waals surface area contributed by atoms with Crippen LogP contribution in [-0.4, -0.2) is 54.3 Å². The number of carbonyl (C=O) groups excluding carboxylic acids is 2. The van der Waals surface area contributed by atoms with Gasteiger partial charge in [-0.3, -0.25) is 14.5 Å². The molecular weight excluding hydrogens is 394 g/mol. The van der Waals surface area contributed by atoms with Crippen LogP contribution in [0.5, 0.6) is 11.5 Å². The highest BCUT2D eigenvalue weighted by Crippen LogP contribution is 2.29. The smallest absolute Gasteiger partial charge is 0.289 e. The Hall–Kier alpha value is -3.58. The standard InChI is InChI=1S/C24H25N3O4/c1-18-11-12-22(30-18)24(29)27-15-13-26(14-16-27)17-23(28)25-20-9-5-6-10-21(20)31-19-7-3-2-4-8-19/h2-12H,13-17H2,1H3,(H,25,28). The van der Waals surface area contributed by atoms with Crippen molar-refractivity contribution in [1.82, 2.24) is 9.80 Å². The average molecular weight is 419 g/mol. The highest BCUT2D eigenvalue weighted by Gasteiger charge is 2.25. The second-order valence-electron chi connectivity index (χ2n) is 7.44. The predicted molar refractivity (Wildman–Crippen MR) is 117 cm³/mol. The van der Waals surface area contributed by atoms with E-state index in [1.807, 2.05) is 66.4 Å². The average Bonchev–Trinajstić information content (AvgIpc) is 3.22. The molecule has 1 N–H and O–H groups in total. The summed E-state index contributed by atoms with van der Waals surface area (Å²) in [6.07, 6.45) is 0. The van der Waals surface area contributed by atoms with Gasteiger partial charge in [-0.25, -0.2) is 0 Å². The lowest BCUT2D eigenvalue weighted by atomic mass is 10.2. The first-order valence-corrected chi connectivity index (χ1v) is 10.3. The molecular formula is C24H25N3O4. The summed E-state index contributed by atoms with van der Waals surface area (Å²) in [5.41, 5.74) is 0.623. The summed E-state index contributed by atoms with van der Waals surface area (Å²) in [5.74, 6) is 2.14. The molecule has 0 radical (unpaired) electrons. The van der Waals surface area contributed by atoms with Gasteiger partial charge in [0, 0.05) is 26.2 Å². The summed E-state index contributed by atoms with van der Waals surface area (Å²) < 4.78 is 11.3. The fourth-order valence-electron chi connectivity index (χ4n) is 3.48. The molecule has 0 saturated carbocycles. The second kappa shape index (κ2) is 9.49. The number of benzene rings is 2. The molecule has 0 atom stereocenters. The zero-order valence-corrected chi connectivity index (χ0v) is 17.4. The third-order valence-electron chi connectivity index (χ3n) is 5.11. The second-order valence-corrected chi connectivity index (χ2v) is 7.44. The van der Waals surface area contributed by atoms with Gasteiger partial charge >= 0.3 is 0 Å². The van der Waals surface area contributed by atoms with Crippen LogP contribution < -0.4 is 10.1 Å². The Balaban J connectivity index is 1.30. The third kappa shape index (κ3) is 5.32. The first-order chi connectivity index (χ1) is 15.1. The van der Waals surface area contributed by atoms with Crippen molar-refractivity contribution in [2.24, 2.45) is 0 Å². The van der Waals surface area contributed by atoms with Crippen molar-refractivity contribution in [3.63, 3.8) is 0 Å². The Labute approximate surface area is 181 Å².